The van der Waals surface area contributed by atoms with E-state index in [1.54, 1.807) is 24.2 Å². The molecule has 1 atom stereocenters. The molecule has 0 bridgehead atoms. The van der Waals surface area contributed by atoms with E-state index < -0.39 is 11.9 Å². The second kappa shape index (κ2) is 8.97. The van der Waals surface area contributed by atoms with Gasteiger partial charge in [0.25, 0.3) is 0 Å². The van der Waals surface area contributed by atoms with Gasteiger partial charge in [-0.15, -0.1) is 0 Å². The zero-order valence-corrected chi connectivity index (χ0v) is 17.5. The number of nitrogens with zero attached hydrogens (tertiary/aromatic N) is 5. The van der Waals surface area contributed by atoms with Crippen LogP contribution >= 0.6 is 0 Å². The second-order valence-corrected chi connectivity index (χ2v) is 7.70. The van der Waals surface area contributed by atoms with E-state index in [9.17, 15) is 18.0 Å². The molecular formula is C22H23F3N6O. The Morgan fingerprint density at radius 1 is 1.22 bits per heavy atom. The van der Waals surface area contributed by atoms with Crippen molar-refractivity contribution in [3.05, 3.63) is 65.9 Å². The third-order valence-electron chi connectivity index (χ3n) is 5.45. The molecule has 0 spiro atoms. The molecular weight excluding hydrogens is 421 g/mol. The number of amides is 1. The van der Waals surface area contributed by atoms with E-state index in [0.717, 1.165) is 30.3 Å². The molecule has 4 heterocycles. The van der Waals surface area contributed by atoms with Crippen LogP contribution in [0.15, 0.2) is 48.8 Å². The van der Waals surface area contributed by atoms with E-state index in [0.29, 0.717) is 18.1 Å². The van der Waals surface area contributed by atoms with Crippen LogP contribution in [0.3, 0.4) is 0 Å². The maximum absolute atomic E-state index is 12.8. The lowest BCUT2D eigenvalue weighted by Crippen LogP contribution is -2.31. The van der Waals surface area contributed by atoms with E-state index in [2.05, 4.69) is 20.4 Å². The molecule has 1 amide bonds. The molecule has 3 aromatic rings. The first-order chi connectivity index (χ1) is 15.3. The molecule has 10 heteroatoms. The summed E-state index contributed by atoms with van der Waals surface area (Å²) < 4.78 is 39.8. The first-order valence-electron chi connectivity index (χ1n) is 10.4. The van der Waals surface area contributed by atoms with Crippen molar-refractivity contribution in [3.8, 4) is 0 Å². The normalized spacial score (nSPS) is 16.4. The topological polar surface area (TPSA) is 75.9 Å². The second-order valence-electron chi connectivity index (χ2n) is 7.70. The van der Waals surface area contributed by atoms with Gasteiger partial charge in [-0.2, -0.15) is 18.3 Å². The Balaban J connectivity index is 1.39. The third-order valence-corrected chi connectivity index (χ3v) is 5.45. The van der Waals surface area contributed by atoms with Gasteiger partial charge >= 0.3 is 6.18 Å². The zero-order valence-electron chi connectivity index (χ0n) is 17.5. The summed E-state index contributed by atoms with van der Waals surface area (Å²) in [6, 6.07) is 10.2. The fourth-order valence-corrected chi connectivity index (χ4v) is 3.85. The lowest BCUT2D eigenvalue weighted by Gasteiger charge is -2.24. The number of pyridine rings is 2. The molecule has 1 saturated heterocycles. The van der Waals surface area contributed by atoms with Crippen LogP contribution in [-0.2, 0) is 17.5 Å². The number of nitrogens with one attached hydrogen (secondary N) is 1. The summed E-state index contributed by atoms with van der Waals surface area (Å²) in [5.41, 5.74) is 1.01. The van der Waals surface area contributed by atoms with Crippen LogP contribution in [0.4, 0.5) is 24.7 Å². The number of aryl methyl sites for hydroxylation is 2. The van der Waals surface area contributed by atoms with E-state index in [1.807, 2.05) is 30.3 Å². The van der Waals surface area contributed by atoms with E-state index in [-0.39, 0.29) is 24.9 Å². The Kier molecular flexibility index (Phi) is 6.11. The van der Waals surface area contributed by atoms with Crippen molar-refractivity contribution in [1.82, 2.24) is 24.6 Å². The molecule has 0 aromatic carbocycles. The number of alkyl halides is 3. The summed E-state index contributed by atoms with van der Waals surface area (Å²) in [6.07, 6.45) is 0.631. The van der Waals surface area contributed by atoms with E-state index >= 15 is 0 Å². The summed E-state index contributed by atoms with van der Waals surface area (Å²) in [7, 11) is 0. The summed E-state index contributed by atoms with van der Waals surface area (Å²) >= 11 is 0. The number of halogens is 3. The molecule has 1 aliphatic heterocycles. The Bertz CT molecular complexity index is 1070. The van der Waals surface area contributed by atoms with Crippen LogP contribution in [0.5, 0.6) is 0 Å². The first kappa shape index (κ1) is 21.8. The molecule has 3 aromatic heterocycles. The molecule has 0 aliphatic carbocycles. The van der Waals surface area contributed by atoms with Crippen LogP contribution < -0.4 is 5.32 Å². The van der Waals surface area contributed by atoms with Crippen molar-refractivity contribution in [2.75, 3.05) is 11.9 Å². The van der Waals surface area contributed by atoms with Gasteiger partial charge in [-0.3, -0.25) is 14.5 Å². The highest BCUT2D eigenvalue weighted by Gasteiger charge is 2.35. The average molecular weight is 444 g/mol. The Hall–Kier alpha value is -3.43. The molecule has 32 heavy (non-hydrogen) atoms. The predicted octanol–water partition coefficient (Wildman–Crippen LogP) is 4.50. The standard InChI is InChI=1S/C22H23F3N6O/c1-15-13-19(22(23,24)25)29-31(15)12-9-21(32)30-11-4-5-18(30)17-8-7-16(14-27-17)28-20-6-2-3-10-26-20/h2-3,6-8,10,13-14,18H,4-5,9,11-12H2,1H3,(H,26,28)/t18-/m0/s1. The molecule has 1 fully saturated rings. The number of hydrogen-bond acceptors (Lipinski definition) is 5. The van der Waals surface area contributed by atoms with Gasteiger partial charge in [0.2, 0.25) is 5.91 Å². The zero-order chi connectivity index (χ0) is 22.7. The minimum Gasteiger partial charge on any atom is -0.339 e. The molecule has 1 aliphatic rings. The molecule has 168 valence electrons. The smallest absolute Gasteiger partial charge is 0.339 e. The maximum Gasteiger partial charge on any atom is 0.435 e. The number of anilines is 2. The van der Waals surface area contributed by atoms with Gasteiger partial charge in [-0.25, -0.2) is 4.98 Å². The highest BCUT2D eigenvalue weighted by atomic mass is 19.4. The van der Waals surface area contributed by atoms with Crippen molar-refractivity contribution >= 4 is 17.4 Å². The van der Waals surface area contributed by atoms with Crippen LogP contribution in [0, 0.1) is 6.92 Å². The van der Waals surface area contributed by atoms with Gasteiger partial charge in [-0.1, -0.05) is 6.07 Å². The minimum atomic E-state index is -4.50. The van der Waals surface area contributed by atoms with Crippen LogP contribution in [0.25, 0.3) is 0 Å². The van der Waals surface area contributed by atoms with Crippen molar-refractivity contribution in [1.29, 1.82) is 0 Å². The summed E-state index contributed by atoms with van der Waals surface area (Å²) in [6.45, 7) is 2.26. The third kappa shape index (κ3) is 4.90. The first-order valence-corrected chi connectivity index (χ1v) is 10.4. The van der Waals surface area contributed by atoms with Crippen molar-refractivity contribution in [2.24, 2.45) is 0 Å². The summed E-state index contributed by atoms with van der Waals surface area (Å²) in [4.78, 5) is 23.3. The lowest BCUT2D eigenvalue weighted by molar-refractivity contribution is -0.141. The highest BCUT2D eigenvalue weighted by Crippen LogP contribution is 2.32. The SMILES string of the molecule is Cc1cc(C(F)(F)F)nn1CCC(=O)N1CCC[C@H]1c1ccc(Nc2ccccn2)cn1. The quantitative estimate of drug-likeness (QED) is 0.606. The predicted molar refractivity (Wildman–Crippen MR) is 112 cm³/mol. The van der Waals surface area contributed by atoms with Gasteiger partial charge in [0.15, 0.2) is 5.69 Å². The van der Waals surface area contributed by atoms with Gasteiger partial charge in [0, 0.05) is 31.4 Å². The van der Waals surface area contributed by atoms with Gasteiger partial charge in [-0.05, 0) is 50.1 Å². The maximum atomic E-state index is 12.8. The molecule has 1 N–H and O–H groups in total. The number of rotatable bonds is 6. The molecule has 0 radical (unpaired) electrons. The van der Waals surface area contributed by atoms with E-state index in [4.69, 9.17) is 0 Å². The minimum absolute atomic E-state index is 0.0790. The fourth-order valence-electron chi connectivity index (χ4n) is 3.85. The highest BCUT2D eigenvalue weighted by molar-refractivity contribution is 5.77. The Morgan fingerprint density at radius 3 is 2.72 bits per heavy atom. The van der Waals surface area contributed by atoms with Crippen molar-refractivity contribution in [3.63, 3.8) is 0 Å². The summed E-state index contributed by atoms with van der Waals surface area (Å²) in [5.74, 6) is 0.593. The van der Waals surface area contributed by atoms with E-state index in [1.165, 1.54) is 4.68 Å². The molecule has 0 saturated carbocycles. The van der Waals surface area contributed by atoms with Gasteiger partial charge in [0.1, 0.15) is 5.82 Å². The van der Waals surface area contributed by atoms with Crippen LogP contribution in [0.2, 0.25) is 0 Å². The van der Waals surface area contributed by atoms with Crippen molar-refractivity contribution in [2.45, 2.75) is 44.9 Å². The van der Waals surface area contributed by atoms with Crippen LogP contribution in [0.1, 0.15) is 42.4 Å². The lowest BCUT2D eigenvalue weighted by atomic mass is 10.1. The molecule has 7 nitrogen and oxygen atoms in total. The Labute approximate surface area is 183 Å². The Morgan fingerprint density at radius 2 is 2.06 bits per heavy atom. The number of likely N-dealkylation sites (tertiary alicyclic amines) is 1. The number of hydrogen-bond donors (Lipinski definition) is 1. The van der Waals surface area contributed by atoms with Crippen LogP contribution in [-0.4, -0.2) is 37.1 Å². The monoisotopic (exact) mass is 444 g/mol. The molecule has 4 rings (SSSR count). The fraction of sp³-hybridized carbons (Fsp3) is 0.364. The summed E-state index contributed by atoms with van der Waals surface area (Å²) in [5, 5.41) is 6.77. The van der Waals surface area contributed by atoms with Gasteiger partial charge < -0.3 is 10.2 Å². The number of carbonyl (C=O) groups is 1. The largest absolute Gasteiger partial charge is 0.435 e. The van der Waals surface area contributed by atoms with Gasteiger partial charge in [0.05, 0.1) is 23.6 Å². The average Bonchev–Trinajstić information content (AvgIpc) is 3.40. The van der Waals surface area contributed by atoms with Crippen molar-refractivity contribution < 1.29 is 18.0 Å². The molecule has 0 unspecified atom stereocenters. The number of carbonyl (C=O) groups excluding carboxylic acids is 1. The number of aromatic nitrogens is 4.